The molecule has 1 aromatic rings. The SMILES string of the molecule is CCNc1ncc([N+](=O)[O-])c(OCCCOCCOC)n1. The molecule has 9 heteroatoms. The van der Waals surface area contributed by atoms with E-state index in [1.165, 1.54) is 0 Å². The van der Waals surface area contributed by atoms with E-state index in [0.717, 1.165) is 6.20 Å². The highest BCUT2D eigenvalue weighted by Gasteiger charge is 2.18. The Labute approximate surface area is 122 Å². The van der Waals surface area contributed by atoms with Crippen molar-refractivity contribution in [3.8, 4) is 5.88 Å². The highest BCUT2D eigenvalue weighted by molar-refractivity contribution is 5.43. The number of anilines is 1. The molecule has 9 nitrogen and oxygen atoms in total. The lowest BCUT2D eigenvalue weighted by Crippen LogP contribution is -2.10. The van der Waals surface area contributed by atoms with Crippen LogP contribution in [0.2, 0.25) is 0 Å². The van der Waals surface area contributed by atoms with Gasteiger partial charge in [0.2, 0.25) is 5.95 Å². The largest absolute Gasteiger partial charge is 0.473 e. The van der Waals surface area contributed by atoms with Crippen molar-refractivity contribution in [2.75, 3.05) is 45.4 Å². The maximum Gasteiger partial charge on any atom is 0.349 e. The van der Waals surface area contributed by atoms with E-state index in [-0.39, 0.29) is 18.2 Å². The van der Waals surface area contributed by atoms with Crippen molar-refractivity contribution in [3.05, 3.63) is 16.3 Å². The summed E-state index contributed by atoms with van der Waals surface area (Å²) in [6.45, 7) is 4.30. The van der Waals surface area contributed by atoms with Crippen LogP contribution in [0.25, 0.3) is 0 Å². The van der Waals surface area contributed by atoms with E-state index in [1.807, 2.05) is 6.92 Å². The third kappa shape index (κ3) is 6.32. The smallest absolute Gasteiger partial charge is 0.349 e. The van der Waals surface area contributed by atoms with E-state index in [0.29, 0.717) is 38.7 Å². The van der Waals surface area contributed by atoms with Crippen molar-refractivity contribution >= 4 is 11.6 Å². The number of nitrogens with one attached hydrogen (secondary N) is 1. The van der Waals surface area contributed by atoms with Crippen LogP contribution >= 0.6 is 0 Å². The van der Waals surface area contributed by atoms with Crippen molar-refractivity contribution in [1.82, 2.24) is 9.97 Å². The fraction of sp³-hybridized carbons (Fsp3) is 0.667. The van der Waals surface area contributed by atoms with E-state index < -0.39 is 4.92 Å². The summed E-state index contributed by atoms with van der Waals surface area (Å²) in [6, 6.07) is 0. The molecular formula is C12H20N4O5. The van der Waals surface area contributed by atoms with Gasteiger partial charge >= 0.3 is 5.69 Å². The van der Waals surface area contributed by atoms with Gasteiger partial charge in [-0.1, -0.05) is 0 Å². The molecule has 0 bridgehead atoms. The summed E-state index contributed by atoms with van der Waals surface area (Å²) in [5.74, 6) is 0.261. The van der Waals surface area contributed by atoms with Crippen LogP contribution in [0.3, 0.4) is 0 Å². The molecule has 0 aromatic carbocycles. The van der Waals surface area contributed by atoms with Gasteiger partial charge in [0, 0.05) is 26.7 Å². The second kappa shape index (κ2) is 9.83. The molecule has 0 aliphatic carbocycles. The van der Waals surface area contributed by atoms with Gasteiger partial charge in [0.15, 0.2) is 0 Å². The second-order valence-electron chi connectivity index (χ2n) is 3.98. The quantitative estimate of drug-likeness (QED) is 0.369. The molecule has 0 spiro atoms. The minimum absolute atomic E-state index is 0.0390. The molecule has 1 aromatic heterocycles. The molecule has 0 radical (unpaired) electrons. The number of ether oxygens (including phenoxy) is 3. The number of rotatable bonds is 11. The average Bonchev–Trinajstić information content (AvgIpc) is 2.46. The topological polar surface area (TPSA) is 109 Å². The number of hydrogen-bond acceptors (Lipinski definition) is 8. The monoisotopic (exact) mass is 300 g/mol. The predicted molar refractivity (Wildman–Crippen MR) is 75.7 cm³/mol. The predicted octanol–water partition coefficient (Wildman–Crippen LogP) is 1.25. The lowest BCUT2D eigenvalue weighted by atomic mass is 10.4. The first-order chi connectivity index (χ1) is 10.2. The Kier molecular flexibility index (Phi) is 7.99. The Morgan fingerprint density at radius 2 is 2.14 bits per heavy atom. The zero-order chi connectivity index (χ0) is 15.5. The molecule has 0 unspecified atom stereocenters. The maximum absolute atomic E-state index is 10.9. The molecule has 1 N–H and O–H groups in total. The first kappa shape index (κ1) is 17.1. The van der Waals surface area contributed by atoms with Crippen molar-refractivity contribution in [2.24, 2.45) is 0 Å². The van der Waals surface area contributed by atoms with E-state index in [2.05, 4.69) is 15.3 Å². The van der Waals surface area contributed by atoms with E-state index in [1.54, 1.807) is 7.11 Å². The van der Waals surface area contributed by atoms with E-state index in [9.17, 15) is 10.1 Å². The van der Waals surface area contributed by atoms with Gasteiger partial charge < -0.3 is 19.5 Å². The summed E-state index contributed by atoms with van der Waals surface area (Å²) in [6.07, 6.45) is 1.73. The van der Waals surface area contributed by atoms with E-state index >= 15 is 0 Å². The fourth-order valence-corrected chi connectivity index (χ4v) is 1.41. The lowest BCUT2D eigenvalue weighted by molar-refractivity contribution is -0.386. The summed E-state index contributed by atoms with van der Waals surface area (Å²) in [7, 11) is 1.60. The van der Waals surface area contributed by atoms with Crippen LogP contribution in [0.5, 0.6) is 5.88 Å². The minimum atomic E-state index is -0.569. The van der Waals surface area contributed by atoms with Crippen LogP contribution < -0.4 is 10.1 Å². The number of methoxy groups -OCH3 is 1. The van der Waals surface area contributed by atoms with Crippen LogP contribution in [0, 0.1) is 10.1 Å². The Balaban J connectivity index is 2.47. The summed E-state index contributed by atoms with van der Waals surface area (Å²) in [5.41, 5.74) is -0.253. The van der Waals surface area contributed by atoms with Crippen LogP contribution in [0.1, 0.15) is 13.3 Å². The number of hydrogen-bond donors (Lipinski definition) is 1. The Bertz CT molecular complexity index is 444. The molecule has 0 aliphatic heterocycles. The van der Waals surface area contributed by atoms with Crippen LogP contribution in [-0.2, 0) is 9.47 Å². The standard InChI is InChI=1S/C12H20N4O5/c1-3-13-12-14-9-10(16(17)18)11(15-12)21-6-4-5-20-8-7-19-2/h9H,3-8H2,1-2H3,(H,13,14,15). The van der Waals surface area contributed by atoms with Gasteiger partial charge in [-0.2, -0.15) is 4.98 Å². The first-order valence-corrected chi connectivity index (χ1v) is 6.63. The number of nitro groups is 1. The third-order valence-corrected chi connectivity index (χ3v) is 2.37. The average molecular weight is 300 g/mol. The van der Waals surface area contributed by atoms with Gasteiger partial charge in [-0.25, -0.2) is 4.98 Å². The molecule has 0 saturated carbocycles. The molecule has 0 atom stereocenters. The first-order valence-electron chi connectivity index (χ1n) is 6.63. The number of aromatic nitrogens is 2. The highest BCUT2D eigenvalue weighted by Crippen LogP contribution is 2.24. The molecule has 0 saturated heterocycles. The van der Waals surface area contributed by atoms with Crippen LogP contribution in [0.4, 0.5) is 11.6 Å². The van der Waals surface area contributed by atoms with E-state index in [4.69, 9.17) is 14.2 Å². The fourth-order valence-electron chi connectivity index (χ4n) is 1.41. The molecule has 118 valence electrons. The van der Waals surface area contributed by atoms with Crippen molar-refractivity contribution in [3.63, 3.8) is 0 Å². The molecule has 0 fully saturated rings. The normalized spacial score (nSPS) is 10.4. The van der Waals surface area contributed by atoms with Crippen molar-refractivity contribution in [2.45, 2.75) is 13.3 Å². The van der Waals surface area contributed by atoms with Gasteiger partial charge in [-0.3, -0.25) is 10.1 Å². The second-order valence-corrected chi connectivity index (χ2v) is 3.98. The van der Waals surface area contributed by atoms with Crippen LogP contribution in [-0.4, -0.2) is 55.0 Å². The maximum atomic E-state index is 10.9. The summed E-state index contributed by atoms with van der Waals surface area (Å²) >= 11 is 0. The van der Waals surface area contributed by atoms with Crippen molar-refractivity contribution < 1.29 is 19.1 Å². The van der Waals surface area contributed by atoms with Gasteiger partial charge in [-0.15, -0.1) is 0 Å². The van der Waals surface area contributed by atoms with Gasteiger partial charge in [0.1, 0.15) is 6.20 Å². The Hall–Kier alpha value is -2.00. The van der Waals surface area contributed by atoms with Gasteiger partial charge in [0.25, 0.3) is 5.88 Å². The minimum Gasteiger partial charge on any atom is -0.473 e. The number of nitrogens with zero attached hydrogens (tertiary/aromatic N) is 3. The Morgan fingerprint density at radius 3 is 2.81 bits per heavy atom. The van der Waals surface area contributed by atoms with Crippen molar-refractivity contribution in [1.29, 1.82) is 0 Å². The van der Waals surface area contributed by atoms with Gasteiger partial charge in [-0.05, 0) is 6.92 Å². The summed E-state index contributed by atoms with van der Waals surface area (Å²) < 4.78 is 15.5. The lowest BCUT2D eigenvalue weighted by Gasteiger charge is -2.08. The molecule has 0 amide bonds. The molecule has 1 rings (SSSR count). The summed E-state index contributed by atoms with van der Waals surface area (Å²) in [4.78, 5) is 18.1. The Morgan fingerprint density at radius 1 is 1.33 bits per heavy atom. The zero-order valence-corrected chi connectivity index (χ0v) is 12.2. The third-order valence-electron chi connectivity index (χ3n) is 2.37. The molecule has 0 aliphatic rings. The van der Waals surface area contributed by atoms with Gasteiger partial charge in [0.05, 0.1) is 24.7 Å². The summed E-state index contributed by atoms with van der Waals surface area (Å²) in [5, 5.41) is 13.8. The van der Waals surface area contributed by atoms with Crippen LogP contribution in [0.15, 0.2) is 6.20 Å². The zero-order valence-electron chi connectivity index (χ0n) is 12.2. The highest BCUT2D eigenvalue weighted by atomic mass is 16.6. The molecular weight excluding hydrogens is 280 g/mol. The molecule has 21 heavy (non-hydrogen) atoms. The molecule has 1 heterocycles.